The minimum absolute atomic E-state index is 0.348. The Labute approximate surface area is 71.8 Å². The molecule has 12 heavy (non-hydrogen) atoms. The number of aliphatic hydroxyl groups is 1. The Balaban J connectivity index is 2.07. The third-order valence-corrected chi connectivity index (χ3v) is 1.54. The van der Waals surface area contributed by atoms with Gasteiger partial charge in [0.15, 0.2) is 5.96 Å². The van der Waals surface area contributed by atoms with Crippen molar-refractivity contribution < 1.29 is 9.84 Å². The number of aliphatic imine (C=N–C) groups is 1. The number of ether oxygens (including phenoxy) is 1. The Hall–Kier alpha value is -0.810. The van der Waals surface area contributed by atoms with E-state index in [4.69, 9.17) is 4.74 Å². The zero-order valence-corrected chi connectivity index (χ0v) is 7.21. The molecular formula is C7H15N3O2. The van der Waals surface area contributed by atoms with Crippen LogP contribution in [-0.4, -0.2) is 50.5 Å². The predicted molar refractivity (Wildman–Crippen MR) is 46.2 cm³/mol. The lowest BCUT2D eigenvalue weighted by atomic mass is 10.4. The van der Waals surface area contributed by atoms with E-state index in [2.05, 4.69) is 15.6 Å². The van der Waals surface area contributed by atoms with E-state index in [1.54, 1.807) is 7.11 Å². The summed E-state index contributed by atoms with van der Waals surface area (Å²) in [7, 11) is 1.56. The second kappa shape index (κ2) is 4.95. The van der Waals surface area contributed by atoms with Gasteiger partial charge in [-0.1, -0.05) is 0 Å². The normalized spacial score (nSPS) is 18.3. The van der Waals surface area contributed by atoms with Crippen LogP contribution >= 0.6 is 0 Å². The van der Waals surface area contributed by atoms with Crippen LogP contribution < -0.4 is 10.6 Å². The van der Waals surface area contributed by atoms with Crippen molar-refractivity contribution in [3.05, 3.63) is 0 Å². The van der Waals surface area contributed by atoms with Crippen LogP contribution in [0, 0.1) is 0 Å². The van der Waals surface area contributed by atoms with Gasteiger partial charge in [0.2, 0.25) is 0 Å². The van der Waals surface area contributed by atoms with Gasteiger partial charge in [0.25, 0.3) is 0 Å². The van der Waals surface area contributed by atoms with Crippen molar-refractivity contribution in [2.75, 3.05) is 33.4 Å². The van der Waals surface area contributed by atoms with Crippen molar-refractivity contribution in [1.29, 1.82) is 0 Å². The maximum absolute atomic E-state index is 9.24. The number of hydrogen-bond acceptors (Lipinski definition) is 5. The highest BCUT2D eigenvalue weighted by Crippen LogP contribution is 1.84. The van der Waals surface area contributed by atoms with E-state index in [-0.39, 0.29) is 0 Å². The third-order valence-electron chi connectivity index (χ3n) is 1.54. The molecule has 0 aromatic rings. The summed E-state index contributed by atoms with van der Waals surface area (Å²) in [6, 6.07) is 0. The lowest BCUT2D eigenvalue weighted by Gasteiger charge is -2.11. The fourth-order valence-corrected chi connectivity index (χ4v) is 0.982. The summed E-state index contributed by atoms with van der Waals surface area (Å²) in [5.74, 6) is 0.769. The van der Waals surface area contributed by atoms with Crippen LogP contribution in [0.3, 0.4) is 0 Å². The van der Waals surface area contributed by atoms with Crippen LogP contribution in [0.5, 0.6) is 0 Å². The molecule has 0 bridgehead atoms. The SMILES string of the molecule is COCC(O)CNC1=NCCN1. The molecule has 1 atom stereocenters. The van der Waals surface area contributed by atoms with Gasteiger partial charge in [-0.3, -0.25) is 4.99 Å². The number of nitrogens with zero attached hydrogens (tertiary/aromatic N) is 1. The topological polar surface area (TPSA) is 65.9 Å². The van der Waals surface area contributed by atoms with E-state index < -0.39 is 6.10 Å². The van der Waals surface area contributed by atoms with Gasteiger partial charge in [0, 0.05) is 20.2 Å². The van der Waals surface area contributed by atoms with Gasteiger partial charge < -0.3 is 20.5 Å². The fourth-order valence-electron chi connectivity index (χ4n) is 0.982. The molecule has 1 unspecified atom stereocenters. The second-order valence-electron chi connectivity index (χ2n) is 2.65. The van der Waals surface area contributed by atoms with E-state index in [1.165, 1.54) is 0 Å². The van der Waals surface area contributed by atoms with E-state index in [9.17, 15) is 5.11 Å². The van der Waals surface area contributed by atoms with Gasteiger partial charge in [-0.25, -0.2) is 0 Å². The monoisotopic (exact) mass is 173 g/mol. The molecule has 0 aromatic carbocycles. The zero-order valence-electron chi connectivity index (χ0n) is 7.21. The standard InChI is InChI=1S/C7H15N3O2/c1-12-5-6(11)4-10-7-8-2-3-9-7/h6,11H,2-5H2,1H3,(H2,8,9,10). The Morgan fingerprint density at radius 3 is 3.25 bits per heavy atom. The molecule has 0 fully saturated rings. The third kappa shape index (κ3) is 3.06. The first-order valence-electron chi connectivity index (χ1n) is 4.02. The average molecular weight is 173 g/mol. The van der Waals surface area contributed by atoms with Crippen LogP contribution in [-0.2, 0) is 4.74 Å². The van der Waals surface area contributed by atoms with Crippen molar-refractivity contribution in [2.24, 2.45) is 4.99 Å². The Morgan fingerprint density at radius 2 is 2.67 bits per heavy atom. The highest BCUT2D eigenvalue weighted by molar-refractivity contribution is 5.81. The Morgan fingerprint density at radius 1 is 1.83 bits per heavy atom. The molecule has 0 aromatic heterocycles. The summed E-state index contributed by atoms with van der Waals surface area (Å²) >= 11 is 0. The smallest absolute Gasteiger partial charge is 0.191 e. The van der Waals surface area contributed by atoms with Crippen molar-refractivity contribution in [1.82, 2.24) is 10.6 Å². The van der Waals surface area contributed by atoms with Crippen LogP contribution in [0.1, 0.15) is 0 Å². The molecule has 3 N–H and O–H groups in total. The Bertz CT molecular complexity index is 161. The number of guanidine groups is 1. The molecule has 0 radical (unpaired) electrons. The zero-order chi connectivity index (χ0) is 8.81. The fraction of sp³-hybridized carbons (Fsp3) is 0.857. The average Bonchev–Trinajstić information content (AvgIpc) is 2.53. The largest absolute Gasteiger partial charge is 0.389 e. The minimum atomic E-state index is -0.472. The van der Waals surface area contributed by atoms with E-state index in [0.717, 1.165) is 19.0 Å². The van der Waals surface area contributed by atoms with Crippen LogP contribution in [0.2, 0.25) is 0 Å². The number of nitrogens with one attached hydrogen (secondary N) is 2. The first-order chi connectivity index (χ1) is 5.83. The van der Waals surface area contributed by atoms with Crippen molar-refractivity contribution in [3.63, 3.8) is 0 Å². The first-order valence-corrected chi connectivity index (χ1v) is 4.02. The molecule has 5 heteroatoms. The lowest BCUT2D eigenvalue weighted by molar-refractivity contribution is 0.0673. The predicted octanol–water partition coefficient (Wildman–Crippen LogP) is -1.46. The maximum Gasteiger partial charge on any atom is 0.191 e. The van der Waals surface area contributed by atoms with Gasteiger partial charge in [0.05, 0.1) is 19.3 Å². The van der Waals surface area contributed by atoms with Gasteiger partial charge in [-0.05, 0) is 0 Å². The molecule has 70 valence electrons. The van der Waals surface area contributed by atoms with Crippen molar-refractivity contribution in [3.8, 4) is 0 Å². The van der Waals surface area contributed by atoms with Crippen LogP contribution in [0.25, 0.3) is 0 Å². The summed E-state index contributed by atoms with van der Waals surface area (Å²) in [5.41, 5.74) is 0. The molecule has 1 aliphatic rings. The highest BCUT2D eigenvalue weighted by atomic mass is 16.5. The summed E-state index contributed by atoms with van der Waals surface area (Å²) in [5, 5.41) is 15.3. The maximum atomic E-state index is 9.24. The molecule has 0 saturated heterocycles. The second-order valence-corrected chi connectivity index (χ2v) is 2.65. The molecular weight excluding hydrogens is 158 g/mol. The van der Waals surface area contributed by atoms with Crippen LogP contribution in [0.15, 0.2) is 4.99 Å². The molecule has 1 rings (SSSR count). The quantitative estimate of drug-likeness (QED) is 0.486. The van der Waals surface area contributed by atoms with Gasteiger partial charge in [0.1, 0.15) is 0 Å². The lowest BCUT2D eigenvalue weighted by Crippen LogP contribution is -2.39. The number of aliphatic hydroxyl groups excluding tert-OH is 1. The van der Waals surface area contributed by atoms with Gasteiger partial charge in [-0.15, -0.1) is 0 Å². The summed E-state index contributed by atoms with van der Waals surface area (Å²) < 4.78 is 4.77. The molecule has 0 aliphatic carbocycles. The highest BCUT2D eigenvalue weighted by Gasteiger charge is 2.07. The van der Waals surface area contributed by atoms with Gasteiger partial charge >= 0.3 is 0 Å². The molecule has 5 nitrogen and oxygen atoms in total. The summed E-state index contributed by atoms with van der Waals surface area (Å²) in [6.07, 6.45) is -0.472. The minimum Gasteiger partial charge on any atom is -0.389 e. The molecule has 0 amide bonds. The Kier molecular flexibility index (Phi) is 3.83. The molecule has 1 heterocycles. The number of rotatable bonds is 4. The number of methoxy groups -OCH3 is 1. The first kappa shape index (κ1) is 9.28. The van der Waals surface area contributed by atoms with Gasteiger partial charge in [-0.2, -0.15) is 0 Å². The van der Waals surface area contributed by atoms with E-state index in [1.807, 2.05) is 0 Å². The molecule has 0 spiro atoms. The van der Waals surface area contributed by atoms with Crippen molar-refractivity contribution >= 4 is 5.96 Å². The number of hydrogen-bond donors (Lipinski definition) is 3. The summed E-state index contributed by atoms with van der Waals surface area (Å²) in [4.78, 5) is 4.11. The van der Waals surface area contributed by atoms with E-state index in [0.29, 0.717) is 13.2 Å². The molecule has 0 saturated carbocycles. The van der Waals surface area contributed by atoms with E-state index >= 15 is 0 Å². The van der Waals surface area contributed by atoms with Crippen molar-refractivity contribution in [2.45, 2.75) is 6.10 Å². The van der Waals surface area contributed by atoms with Crippen LogP contribution in [0.4, 0.5) is 0 Å². The molecule has 1 aliphatic heterocycles. The summed E-state index contributed by atoms with van der Waals surface area (Å²) in [6.45, 7) is 2.51.